The van der Waals surface area contributed by atoms with Crippen molar-refractivity contribution in [3.63, 3.8) is 0 Å². The number of aromatic nitrogens is 2. The maximum atomic E-state index is 13.5. The van der Waals surface area contributed by atoms with Gasteiger partial charge >= 0.3 is 0 Å². The molecule has 0 N–H and O–H groups in total. The molecule has 5 nitrogen and oxygen atoms in total. The molecule has 1 heterocycles. The Morgan fingerprint density at radius 2 is 1.66 bits per heavy atom. The van der Waals surface area contributed by atoms with Crippen molar-refractivity contribution in [1.82, 2.24) is 14.5 Å². The maximum absolute atomic E-state index is 13.5. The van der Waals surface area contributed by atoms with Gasteiger partial charge in [-0.1, -0.05) is 84.0 Å². The van der Waals surface area contributed by atoms with Gasteiger partial charge in [-0.15, -0.1) is 0 Å². The zero-order chi connectivity index (χ0) is 22.7. The van der Waals surface area contributed by atoms with Gasteiger partial charge in [0.1, 0.15) is 5.25 Å². The lowest BCUT2D eigenvalue weighted by atomic mass is 10.1. The quantitative estimate of drug-likeness (QED) is 0.297. The molecule has 3 aromatic carbocycles. The Hall–Kier alpha value is -3.09. The molecule has 0 fully saturated rings. The first kappa shape index (κ1) is 22.1. The fourth-order valence-corrected chi connectivity index (χ4v) is 4.84. The standard InChI is InChI=1S/C25H22ClN3O2S/c1-28(2)24(31)22(17-10-4-3-5-11-17)32-25-27-21-15-9-7-13-19(21)23(30)29(25)16-18-12-6-8-14-20(18)26/h3-15,22H,16H2,1-2H3/t22-/m1/s1. The molecule has 4 rings (SSSR count). The fourth-order valence-electron chi connectivity index (χ4n) is 3.40. The second-order valence-corrected chi connectivity index (χ2v) is 9.01. The van der Waals surface area contributed by atoms with Crippen LogP contribution in [0.1, 0.15) is 16.4 Å². The molecule has 1 atom stereocenters. The van der Waals surface area contributed by atoms with Crippen LogP contribution in [-0.2, 0) is 11.3 Å². The van der Waals surface area contributed by atoms with Crippen LogP contribution < -0.4 is 5.56 Å². The molecule has 162 valence electrons. The summed E-state index contributed by atoms with van der Waals surface area (Å²) in [6.07, 6.45) is 0. The highest BCUT2D eigenvalue weighted by Crippen LogP contribution is 2.36. The van der Waals surface area contributed by atoms with Gasteiger partial charge in [-0.25, -0.2) is 4.98 Å². The molecule has 0 spiro atoms. The zero-order valence-corrected chi connectivity index (χ0v) is 19.3. The van der Waals surface area contributed by atoms with Gasteiger partial charge in [0.2, 0.25) is 5.91 Å². The number of rotatable bonds is 6. The summed E-state index contributed by atoms with van der Waals surface area (Å²) in [4.78, 5) is 32.9. The van der Waals surface area contributed by atoms with Crippen LogP contribution in [-0.4, -0.2) is 34.5 Å². The van der Waals surface area contributed by atoms with Crippen LogP contribution in [0.15, 0.2) is 88.8 Å². The van der Waals surface area contributed by atoms with Gasteiger partial charge in [-0.3, -0.25) is 14.2 Å². The first-order valence-corrected chi connectivity index (χ1v) is 11.4. The van der Waals surface area contributed by atoms with E-state index < -0.39 is 5.25 Å². The summed E-state index contributed by atoms with van der Waals surface area (Å²) in [5, 5.41) is 1.03. The molecule has 0 bridgehead atoms. The number of hydrogen-bond acceptors (Lipinski definition) is 4. The molecule has 0 radical (unpaired) electrons. The Morgan fingerprint density at radius 1 is 1.00 bits per heavy atom. The van der Waals surface area contributed by atoms with Crippen LogP contribution in [0.25, 0.3) is 10.9 Å². The van der Waals surface area contributed by atoms with E-state index in [1.165, 1.54) is 11.8 Å². The molecular weight excluding hydrogens is 442 g/mol. The number of benzene rings is 3. The summed E-state index contributed by atoms with van der Waals surface area (Å²) in [6, 6.07) is 24.2. The van der Waals surface area contributed by atoms with E-state index in [1.54, 1.807) is 35.7 Å². The Morgan fingerprint density at radius 3 is 2.38 bits per heavy atom. The number of para-hydroxylation sites is 1. The third-order valence-electron chi connectivity index (χ3n) is 5.10. The number of likely N-dealkylation sites (N-methyl/N-ethyl adjacent to an activating group) is 1. The predicted octanol–water partition coefficient (Wildman–Crippen LogP) is 5.02. The Kier molecular flexibility index (Phi) is 6.63. The zero-order valence-electron chi connectivity index (χ0n) is 17.7. The molecular formula is C25H22ClN3O2S. The topological polar surface area (TPSA) is 55.2 Å². The van der Waals surface area contributed by atoms with E-state index in [2.05, 4.69) is 0 Å². The van der Waals surface area contributed by atoms with Crippen molar-refractivity contribution < 1.29 is 4.79 Å². The molecule has 0 aliphatic carbocycles. The molecule has 4 aromatic rings. The highest BCUT2D eigenvalue weighted by molar-refractivity contribution is 8.00. The van der Waals surface area contributed by atoms with E-state index in [0.29, 0.717) is 21.1 Å². The number of carbonyl (C=O) groups excluding carboxylic acids is 1. The monoisotopic (exact) mass is 463 g/mol. The van der Waals surface area contributed by atoms with Crippen LogP contribution in [0.2, 0.25) is 5.02 Å². The van der Waals surface area contributed by atoms with Crippen LogP contribution in [0.4, 0.5) is 0 Å². The van der Waals surface area contributed by atoms with Gasteiger partial charge in [0.15, 0.2) is 5.16 Å². The van der Waals surface area contributed by atoms with Gasteiger partial charge in [0, 0.05) is 19.1 Å². The summed E-state index contributed by atoms with van der Waals surface area (Å²) in [5.74, 6) is -0.0760. The molecule has 1 aromatic heterocycles. The lowest BCUT2D eigenvalue weighted by Crippen LogP contribution is -2.29. The highest BCUT2D eigenvalue weighted by atomic mass is 35.5. The third-order valence-corrected chi connectivity index (χ3v) is 6.70. The predicted molar refractivity (Wildman–Crippen MR) is 130 cm³/mol. The minimum absolute atomic E-state index is 0.0760. The molecule has 32 heavy (non-hydrogen) atoms. The van der Waals surface area contributed by atoms with Crippen molar-refractivity contribution in [2.24, 2.45) is 0 Å². The van der Waals surface area contributed by atoms with Crippen LogP contribution in [0.3, 0.4) is 0 Å². The number of amides is 1. The average Bonchev–Trinajstić information content (AvgIpc) is 2.81. The van der Waals surface area contributed by atoms with E-state index in [9.17, 15) is 9.59 Å². The first-order valence-electron chi connectivity index (χ1n) is 10.1. The summed E-state index contributed by atoms with van der Waals surface area (Å²) >= 11 is 7.66. The fraction of sp³-hybridized carbons (Fsp3) is 0.160. The van der Waals surface area contributed by atoms with Crippen molar-refractivity contribution >= 4 is 40.2 Å². The number of halogens is 1. The van der Waals surface area contributed by atoms with Crippen molar-refractivity contribution in [1.29, 1.82) is 0 Å². The van der Waals surface area contributed by atoms with E-state index >= 15 is 0 Å². The largest absolute Gasteiger partial charge is 0.348 e. The molecule has 7 heteroatoms. The normalized spacial score (nSPS) is 12.0. The van der Waals surface area contributed by atoms with Crippen molar-refractivity contribution in [2.75, 3.05) is 14.1 Å². The Balaban J connectivity index is 1.87. The first-order chi connectivity index (χ1) is 15.5. The van der Waals surface area contributed by atoms with Crippen molar-refractivity contribution in [2.45, 2.75) is 17.0 Å². The third kappa shape index (κ3) is 4.56. The Labute approximate surface area is 195 Å². The molecule has 0 unspecified atom stereocenters. The van der Waals surface area contributed by atoms with Crippen molar-refractivity contribution in [3.8, 4) is 0 Å². The molecule has 0 saturated heterocycles. The highest BCUT2D eigenvalue weighted by Gasteiger charge is 2.26. The van der Waals surface area contributed by atoms with Crippen molar-refractivity contribution in [3.05, 3.63) is 105 Å². The minimum atomic E-state index is -0.545. The average molecular weight is 464 g/mol. The van der Waals surface area contributed by atoms with Crippen LogP contribution in [0.5, 0.6) is 0 Å². The van der Waals surface area contributed by atoms with Crippen LogP contribution in [0, 0.1) is 0 Å². The smallest absolute Gasteiger partial charge is 0.262 e. The number of thioether (sulfide) groups is 1. The molecule has 1 amide bonds. The van der Waals surface area contributed by atoms with Gasteiger partial charge in [-0.2, -0.15) is 0 Å². The van der Waals surface area contributed by atoms with E-state index in [4.69, 9.17) is 16.6 Å². The van der Waals surface area contributed by atoms with Gasteiger partial charge in [-0.05, 0) is 29.3 Å². The summed E-state index contributed by atoms with van der Waals surface area (Å²) in [7, 11) is 3.45. The number of fused-ring (bicyclic) bond motifs is 1. The number of hydrogen-bond donors (Lipinski definition) is 0. The maximum Gasteiger partial charge on any atom is 0.262 e. The number of nitrogens with zero attached hydrogens (tertiary/aromatic N) is 3. The van der Waals surface area contributed by atoms with E-state index in [-0.39, 0.29) is 18.0 Å². The van der Waals surface area contributed by atoms with Gasteiger partial charge in [0.05, 0.1) is 17.4 Å². The van der Waals surface area contributed by atoms with Gasteiger partial charge < -0.3 is 4.90 Å². The molecule has 0 aliphatic heterocycles. The van der Waals surface area contributed by atoms with E-state index in [0.717, 1.165) is 11.1 Å². The number of carbonyl (C=O) groups is 1. The molecule has 0 aliphatic rings. The Bertz CT molecular complexity index is 1320. The lowest BCUT2D eigenvalue weighted by molar-refractivity contribution is -0.128. The minimum Gasteiger partial charge on any atom is -0.348 e. The van der Waals surface area contributed by atoms with Gasteiger partial charge in [0.25, 0.3) is 5.56 Å². The summed E-state index contributed by atoms with van der Waals surface area (Å²) < 4.78 is 1.60. The summed E-state index contributed by atoms with van der Waals surface area (Å²) in [6.45, 7) is 0.260. The van der Waals surface area contributed by atoms with E-state index in [1.807, 2.05) is 66.7 Å². The molecule has 0 saturated carbocycles. The second-order valence-electron chi connectivity index (χ2n) is 7.54. The second kappa shape index (κ2) is 9.59. The summed E-state index contributed by atoms with van der Waals surface area (Å²) in [5.41, 5.74) is 2.09. The SMILES string of the molecule is CN(C)C(=O)[C@H](Sc1nc2ccccc2c(=O)n1Cc1ccccc1Cl)c1ccccc1. The van der Waals surface area contributed by atoms with Crippen LogP contribution >= 0.6 is 23.4 Å². The lowest BCUT2D eigenvalue weighted by Gasteiger charge is -2.22.